The van der Waals surface area contributed by atoms with Crippen molar-refractivity contribution in [1.82, 2.24) is 10.6 Å². The molecule has 0 amide bonds. The second-order valence-corrected chi connectivity index (χ2v) is 7.85. The van der Waals surface area contributed by atoms with Gasteiger partial charge in [-0.2, -0.15) is 8.78 Å². The van der Waals surface area contributed by atoms with Crippen LogP contribution in [0.4, 0.5) is 8.78 Å². The van der Waals surface area contributed by atoms with Crippen LogP contribution in [0.2, 0.25) is 0 Å². The Labute approximate surface area is 168 Å². The van der Waals surface area contributed by atoms with Crippen molar-refractivity contribution >= 4 is 17.3 Å². The summed E-state index contributed by atoms with van der Waals surface area (Å²) in [5, 5.41) is 18.7. The Bertz CT molecular complexity index is 734. The lowest BCUT2D eigenvalue weighted by Crippen LogP contribution is -2.40. The fourth-order valence-electron chi connectivity index (χ4n) is 2.54. The van der Waals surface area contributed by atoms with Crippen LogP contribution in [0.5, 0.6) is 5.75 Å². The van der Waals surface area contributed by atoms with Gasteiger partial charge in [-0.05, 0) is 36.1 Å². The van der Waals surface area contributed by atoms with Crippen molar-refractivity contribution in [3.05, 3.63) is 52.2 Å². The van der Waals surface area contributed by atoms with Crippen LogP contribution in [0, 0.1) is 0 Å². The van der Waals surface area contributed by atoms with Gasteiger partial charge in [-0.3, -0.25) is 4.99 Å². The first kappa shape index (κ1) is 22.1. The predicted octanol–water partition coefficient (Wildman–Crippen LogP) is 3.92. The first-order valence-corrected chi connectivity index (χ1v) is 9.99. The van der Waals surface area contributed by atoms with Gasteiger partial charge in [0.1, 0.15) is 5.75 Å². The third-order valence-electron chi connectivity index (χ3n) is 4.12. The summed E-state index contributed by atoms with van der Waals surface area (Å²) in [5.74, 6) is 0.674. The second kappa shape index (κ2) is 10.4. The highest BCUT2D eigenvalue weighted by atomic mass is 32.1. The van der Waals surface area contributed by atoms with Gasteiger partial charge in [0.2, 0.25) is 0 Å². The predicted molar refractivity (Wildman–Crippen MR) is 109 cm³/mol. The number of hydrogen-bond acceptors (Lipinski definition) is 4. The van der Waals surface area contributed by atoms with Crippen LogP contribution in [0.15, 0.2) is 46.8 Å². The molecule has 5 nitrogen and oxygen atoms in total. The summed E-state index contributed by atoms with van der Waals surface area (Å²) in [6.07, 6.45) is -0.810. The van der Waals surface area contributed by atoms with Gasteiger partial charge < -0.3 is 20.5 Å². The van der Waals surface area contributed by atoms with E-state index in [0.29, 0.717) is 24.6 Å². The number of thiophene rings is 1. The van der Waals surface area contributed by atoms with Crippen LogP contribution < -0.4 is 15.4 Å². The van der Waals surface area contributed by atoms with Crippen LogP contribution in [0.25, 0.3) is 0 Å². The van der Waals surface area contributed by atoms with Crippen LogP contribution in [0.3, 0.4) is 0 Å². The molecule has 0 saturated heterocycles. The summed E-state index contributed by atoms with van der Waals surface area (Å²) in [7, 11) is 0. The van der Waals surface area contributed by atoms with Crippen molar-refractivity contribution in [2.24, 2.45) is 4.99 Å². The zero-order chi connectivity index (χ0) is 20.6. The topological polar surface area (TPSA) is 65.9 Å². The Kier molecular flexibility index (Phi) is 8.19. The van der Waals surface area contributed by atoms with Crippen molar-refractivity contribution in [2.45, 2.75) is 38.9 Å². The van der Waals surface area contributed by atoms with E-state index in [-0.39, 0.29) is 17.7 Å². The maximum atomic E-state index is 12.2. The number of hydrogen-bond donors (Lipinski definition) is 3. The molecule has 28 heavy (non-hydrogen) atoms. The summed E-state index contributed by atoms with van der Waals surface area (Å²) >= 11 is 1.71. The maximum Gasteiger partial charge on any atom is 0.387 e. The minimum Gasteiger partial charge on any atom is -0.435 e. The number of alkyl halides is 2. The molecule has 2 rings (SSSR count). The molecular formula is C20H27F2N3O2S. The first-order valence-electron chi connectivity index (χ1n) is 9.11. The zero-order valence-corrected chi connectivity index (χ0v) is 17.1. The second-order valence-electron chi connectivity index (χ2n) is 6.90. The highest BCUT2D eigenvalue weighted by Gasteiger charge is 2.21. The smallest absolute Gasteiger partial charge is 0.387 e. The SMILES string of the molecule is CCNC(=NCC(C)(C)c1cccs1)NCC(O)c1ccc(OC(F)F)cc1. The number of guanidine groups is 1. The van der Waals surface area contributed by atoms with E-state index >= 15 is 0 Å². The molecule has 1 unspecified atom stereocenters. The molecule has 1 atom stereocenters. The summed E-state index contributed by atoms with van der Waals surface area (Å²) in [6.45, 7) is 4.92. The average molecular weight is 412 g/mol. The molecule has 0 bridgehead atoms. The molecule has 154 valence electrons. The van der Waals surface area contributed by atoms with Crippen LogP contribution in [-0.2, 0) is 5.41 Å². The van der Waals surface area contributed by atoms with Gasteiger partial charge in [0.15, 0.2) is 5.96 Å². The van der Waals surface area contributed by atoms with E-state index in [0.717, 1.165) is 0 Å². The Balaban J connectivity index is 1.94. The lowest BCUT2D eigenvalue weighted by molar-refractivity contribution is -0.0498. The summed E-state index contributed by atoms with van der Waals surface area (Å²) < 4.78 is 28.7. The first-order chi connectivity index (χ1) is 13.3. The zero-order valence-electron chi connectivity index (χ0n) is 16.3. The van der Waals surface area contributed by atoms with E-state index in [1.54, 1.807) is 23.5 Å². The van der Waals surface area contributed by atoms with Crippen molar-refractivity contribution in [2.75, 3.05) is 19.6 Å². The fourth-order valence-corrected chi connectivity index (χ4v) is 3.39. The number of aliphatic hydroxyl groups excluding tert-OH is 1. The minimum absolute atomic E-state index is 0.0598. The van der Waals surface area contributed by atoms with Gasteiger partial charge in [0.05, 0.1) is 12.6 Å². The molecule has 0 spiro atoms. The minimum atomic E-state index is -2.87. The quantitative estimate of drug-likeness (QED) is 0.432. The number of nitrogens with zero attached hydrogens (tertiary/aromatic N) is 1. The third-order valence-corrected chi connectivity index (χ3v) is 5.35. The summed E-state index contributed by atoms with van der Waals surface area (Å²) in [4.78, 5) is 5.90. The van der Waals surface area contributed by atoms with Crippen LogP contribution in [0.1, 0.15) is 37.3 Å². The molecule has 0 radical (unpaired) electrons. The maximum absolute atomic E-state index is 12.2. The van der Waals surface area contributed by atoms with Gasteiger partial charge in [0.25, 0.3) is 0 Å². The number of ether oxygens (including phenoxy) is 1. The molecule has 0 aliphatic rings. The van der Waals surface area contributed by atoms with Crippen molar-refractivity contribution in [3.8, 4) is 5.75 Å². The number of benzene rings is 1. The van der Waals surface area contributed by atoms with Gasteiger partial charge >= 0.3 is 6.61 Å². The molecule has 0 saturated carbocycles. The molecule has 0 aliphatic heterocycles. The molecule has 0 aliphatic carbocycles. The largest absolute Gasteiger partial charge is 0.435 e. The highest BCUT2D eigenvalue weighted by molar-refractivity contribution is 7.10. The van der Waals surface area contributed by atoms with E-state index in [1.165, 1.54) is 17.0 Å². The Hall–Kier alpha value is -2.19. The summed E-state index contributed by atoms with van der Waals surface area (Å²) in [5.41, 5.74) is 0.513. The molecular weight excluding hydrogens is 384 g/mol. The highest BCUT2D eigenvalue weighted by Crippen LogP contribution is 2.27. The van der Waals surface area contributed by atoms with Crippen LogP contribution in [-0.4, -0.2) is 37.3 Å². The van der Waals surface area contributed by atoms with E-state index in [2.05, 4.69) is 45.7 Å². The van der Waals surface area contributed by atoms with Crippen molar-refractivity contribution < 1.29 is 18.6 Å². The molecule has 0 fully saturated rings. The number of halogens is 2. The normalized spacial score (nSPS) is 13.5. The lowest BCUT2D eigenvalue weighted by atomic mass is 9.92. The van der Waals surface area contributed by atoms with Gasteiger partial charge in [0, 0.05) is 23.4 Å². The van der Waals surface area contributed by atoms with E-state index < -0.39 is 12.7 Å². The fraction of sp³-hybridized carbons (Fsp3) is 0.450. The number of nitrogens with one attached hydrogen (secondary N) is 2. The molecule has 3 N–H and O–H groups in total. The van der Waals surface area contributed by atoms with E-state index in [9.17, 15) is 13.9 Å². The Morgan fingerprint density at radius 3 is 2.50 bits per heavy atom. The van der Waals surface area contributed by atoms with Gasteiger partial charge in [-0.1, -0.05) is 32.0 Å². The standard InChI is InChI=1S/C20H27F2N3O2S/c1-4-23-19(25-13-20(2,3)17-6-5-11-28-17)24-12-16(26)14-7-9-15(10-8-14)27-18(21)22/h5-11,16,18,26H,4,12-13H2,1-3H3,(H2,23,24,25). The Morgan fingerprint density at radius 1 is 1.21 bits per heavy atom. The average Bonchev–Trinajstić information content (AvgIpc) is 3.19. The monoisotopic (exact) mass is 411 g/mol. The molecule has 2 aromatic rings. The number of aliphatic imine (C=N–C) groups is 1. The number of rotatable bonds is 9. The van der Waals surface area contributed by atoms with Crippen LogP contribution >= 0.6 is 11.3 Å². The summed E-state index contributed by atoms with van der Waals surface area (Å²) in [6, 6.07) is 10.1. The molecule has 1 heterocycles. The van der Waals surface area contributed by atoms with Crippen molar-refractivity contribution in [1.29, 1.82) is 0 Å². The van der Waals surface area contributed by atoms with Crippen molar-refractivity contribution in [3.63, 3.8) is 0 Å². The molecule has 1 aromatic heterocycles. The molecule has 1 aromatic carbocycles. The Morgan fingerprint density at radius 2 is 1.93 bits per heavy atom. The lowest BCUT2D eigenvalue weighted by Gasteiger charge is -2.22. The van der Waals surface area contributed by atoms with E-state index in [1.807, 2.05) is 13.0 Å². The van der Waals surface area contributed by atoms with Gasteiger partial charge in [-0.15, -0.1) is 11.3 Å². The van der Waals surface area contributed by atoms with Gasteiger partial charge in [-0.25, -0.2) is 0 Å². The van der Waals surface area contributed by atoms with E-state index in [4.69, 9.17) is 0 Å². The number of aliphatic hydroxyl groups is 1. The molecule has 8 heteroatoms. The third kappa shape index (κ3) is 6.76.